The summed E-state index contributed by atoms with van der Waals surface area (Å²) in [6.45, 7) is 7.61. The molecule has 0 radical (unpaired) electrons. The van der Waals surface area contributed by atoms with E-state index in [0.29, 0.717) is 39.3 Å². The van der Waals surface area contributed by atoms with E-state index in [0.717, 1.165) is 5.56 Å². The van der Waals surface area contributed by atoms with Crippen LogP contribution in [0.4, 0.5) is 4.79 Å². The van der Waals surface area contributed by atoms with Crippen molar-refractivity contribution < 1.29 is 9.59 Å². The van der Waals surface area contributed by atoms with Gasteiger partial charge in [-0.1, -0.05) is 0 Å². The molecule has 0 aliphatic carbocycles. The molecule has 1 atom stereocenters. The zero-order chi connectivity index (χ0) is 16.7. The minimum absolute atomic E-state index is 0.0386. The van der Waals surface area contributed by atoms with Crippen molar-refractivity contribution in [2.45, 2.75) is 19.9 Å². The highest BCUT2D eigenvalue weighted by atomic mass is 16.2. The van der Waals surface area contributed by atoms with Crippen LogP contribution in [0.2, 0.25) is 0 Å². The predicted molar refractivity (Wildman–Crippen MR) is 87.9 cm³/mol. The van der Waals surface area contributed by atoms with Gasteiger partial charge in [-0.3, -0.25) is 14.7 Å². The molecule has 1 aliphatic heterocycles. The third-order valence-corrected chi connectivity index (χ3v) is 3.95. The van der Waals surface area contributed by atoms with Crippen LogP contribution in [0.25, 0.3) is 0 Å². The van der Waals surface area contributed by atoms with Crippen molar-refractivity contribution >= 4 is 11.9 Å². The number of pyridine rings is 1. The summed E-state index contributed by atoms with van der Waals surface area (Å²) in [6, 6.07) is 3.68. The van der Waals surface area contributed by atoms with Crippen molar-refractivity contribution in [3.63, 3.8) is 0 Å². The quantitative estimate of drug-likeness (QED) is 0.833. The van der Waals surface area contributed by atoms with E-state index < -0.39 is 0 Å². The van der Waals surface area contributed by atoms with Crippen LogP contribution in [0.5, 0.6) is 0 Å². The van der Waals surface area contributed by atoms with E-state index >= 15 is 0 Å². The molecule has 1 aromatic heterocycles. The van der Waals surface area contributed by atoms with Crippen molar-refractivity contribution in [2.75, 3.05) is 39.3 Å². The minimum Gasteiger partial charge on any atom is -0.355 e. The summed E-state index contributed by atoms with van der Waals surface area (Å²) in [5, 5.41) is 5.80. The number of carbonyl (C=O) groups excluding carboxylic acids is 2. The molecule has 1 saturated heterocycles. The third-order valence-electron chi connectivity index (χ3n) is 3.95. The normalized spacial score (nSPS) is 16.7. The second-order valence-electron chi connectivity index (χ2n) is 5.67. The first-order chi connectivity index (χ1) is 11.1. The van der Waals surface area contributed by atoms with Gasteiger partial charge < -0.3 is 15.5 Å². The maximum absolute atomic E-state index is 12.3. The highest BCUT2D eigenvalue weighted by Gasteiger charge is 2.23. The Morgan fingerprint density at radius 2 is 1.87 bits per heavy atom. The highest BCUT2D eigenvalue weighted by molar-refractivity contribution is 5.78. The van der Waals surface area contributed by atoms with Crippen molar-refractivity contribution in [1.82, 2.24) is 25.4 Å². The first kappa shape index (κ1) is 17.2. The molecule has 2 N–H and O–H groups in total. The molecule has 7 nitrogen and oxygen atoms in total. The lowest BCUT2D eigenvalue weighted by atomic mass is 10.1. The first-order valence-corrected chi connectivity index (χ1v) is 8.04. The van der Waals surface area contributed by atoms with Gasteiger partial charge in [0.25, 0.3) is 0 Å². The van der Waals surface area contributed by atoms with Crippen LogP contribution >= 0.6 is 0 Å². The Bertz CT molecular complexity index is 514. The van der Waals surface area contributed by atoms with Crippen LogP contribution in [0.3, 0.4) is 0 Å². The second kappa shape index (κ2) is 8.47. The number of hydrogen-bond acceptors (Lipinski definition) is 4. The number of urea groups is 1. The molecule has 1 fully saturated rings. The van der Waals surface area contributed by atoms with E-state index in [-0.39, 0.29) is 18.0 Å². The van der Waals surface area contributed by atoms with E-state index in [2.05, 4.69) is 20.5 Å². The zero-order valence-corrected chi connectivity index (χ0v) is 13.8. The molecule has 2 heterocycles. The average Bonchev–Trinajstić information content (AvgIpc) is 2.56. The summed E-state index contributed by atoms with van der Waals surface area (Å²) < 4.78 is 0. The van der Waals surface area contributed by atoms with Crippen LogP contribution in [0.1, 0.15) is 25.5 Å². The number of nitrogens with one attached hydrogen (secondary N) is 2. The second-order valence-corrected chi connectivity index (χ2v) is 5.67. The fraction of sp³-hybridized carbons (Fsp3) is 0.562. The SMILES string of the molecule is CCNC(=O)CN1CCN(C(=O)NC(C)c2ccncc2)CC1. The lowest BCUT2D eigenvalue weighted by molar-refractivity contribution is -0.122. The number of carbonyl (C=O) groups is 2. The average molecular weight is 319 g/mol. The van der Waals surface area contributed by atoms with Gasteiger partial charge in [0.15, 0.2) is 0 Å². The Hall–Kier alpha value is -2.15. The highest BCUT2D eigenvalue weighted by Crippen LogP contribution is 2.11. The summed E-state index contributed by atoms with van der Waals surface area (Å²) in [4.78, 5) is 31.7. The van der Waals surface area contributed by atoms with E-state index in [1.165, 1.54) is 0 Å². The first-order valence-electron chi connectivity index (χ1n) is 8.04. The lowest BCUT2D eigenvalue weighted by Crippen LogP contribution is -2.53. The largest absolute Gasteiger partial charge is 0.355 e. The monoisotopic (exact) mass is 319 g/mol. The molecule has 23 heavy (non-hydrogen) atoms. The Kier molecular flexibility index (Phi) is 6.34. The summed E-state index contributed by atoms with van der Waals surface area (Å²) >= 11 is 0. The smallest absolute Gasteiger partial charge is 0.317 e. The third kappa shape index (κ3) is 5.21. The van der Waals surface area contributed by atoms with Crippen molar-refractivity contribution in [3.05, 3.63) is 30.1 Å². The molecule has 1 unspecified atom stereocenters. The van der Waals surface area contributed by atoms with Gasteiger partial charge in [-0.15, -0.1) is 0 Å². The molecule has 0 spiro atoms. The number of hydrogen-bond donors (Lipinski definition) is 2. The molecule has 126 valence electrons. The standard InChI is InChI=1S/C16H25N5O2/c1-3-18-15(22)12-20-8-10-21(11-9-20)16(23)19-13(2)14-4-6-17-7-5-14/h4-7,13H,3,8-12H2,1-2H3,(H,18,22)(H,19,23). The van der Waals surface area contributed by atoms with Crippen LogP contribution < -0.4 is 10.6 Å². The fourth-order valence-corrected chi connectivity index (χ4v) is 2.58. The van der Waals surface area contributed by atoms with Gasteiger partial charge in [0, 0.05) is 45.1 Å². The van der Waals surface area contributed by atoms with Crippen LogP contribution in [-0.4, -0.2) is 66.0 Å². The molecule has 2 rings (SSSR count). The molecule has 0 aromatic carbocycles. The Labute approximate surface area is 137 Å². The number of rotatable bonds is 5. The summed E-state index contributed by atoms with van der Waals surface area (Å²) in [5.74, 6) is 0.0386. The van der Waals surface area contributed by atoms with Crippen LogP contribution in [0.15, 0.2) is 24.5 Å². The van der Waals surface area contributed by atoms with E-state index in [1.54, 1.807) is 17.3 Å². The van der Waals surface area contributed by atoms with Crippen molar-refractivity contribution in [1.29, 1.82) is 0 Å². The molecular formula is C16H25N5O2. The number of piperazine rings is 1. The van der Waals surface area contributed by atoms with Crippen molar-refractivity contribution in [3.8, 4) is 0 Å². The Balaban J connectivity index is 1.76. The maximum atomic E-state index is 12.3. The topological polar surface area (TPSA) is 77.6 Å². The Morgan fingerprint density at radius 1 is 1.22 bits per heavy atom. The fourth-order valence-electron chi connectivity index (χ4n) is 2.58. The number of likely N-dealkylation sites (N-methyl/N-ethyl adjacent to an activating group) is 1. The molecule has 7 heteroatoms. The van der Waals surface area contributed by atoms with Gasteiger partial charge in [0.1, 0.15) is 0 Å². The number of nitrogens with zero attached hydrogens (tertiary/aromatic N) is 3. The Morgan fingerprint density at radius 3 is 2.48 bits per heavy atom. The molecule has 0 saturated carbocycles. The summed E-state index contributed by atoms with van der Waals surface area (Å²) in [7, 11) is 0. The van der Waals surface area contributed by atoms with Gasteiger partial charge in [-0.25, -0.2) is 4.79 Å². The lowest BCUT2D eigenvalue weighted by Gasteiger charge is -2.34. The zero-order valence-electron chi connectivity index (χ0n) is 13.8. The van der Waals surface area contributed by atoms with Gasteiger partial charge in [-0.05, 0) is 31.5 Å². The van der Waals surface area contributed by atoms with E-state index in [9.17, 15) is 9.59 Å². The molecular weight excluding hydrogens is 294 g/mol. The van der Waals surface area contributed by atoms with Gasteiger partial charge in [-0.2, -0.15) is 0 Å². The predicted octanol–water partition coefficient (Wildman–Crippen LogP) is 0.606. The van der Waals surface area contributed by atoms with Gasteiger partial charge in [0.2, 0.25) is 5.91 Å². The molecule has 1 aliphatic rings. The number of amides is 3. The van der Waals surface area contributed by atoms with Crippen LogP contribution in [-0.2, 0) is 4.79 Å². The van der Waals surface area contributed by atoms with Crippen molar-refractivity contribution in [2.24, 2.45) is 0 Å². The summed E-state index contributed by atoms with van der Waals surface area (Å²) in [5.41, 5.74) is 1.03. The van der Waals surface area contributed by atoms with E-state index in [4.69, 9.17) is 0 Å². The van der Waals surface area contributed by atoms with Gasteiger partial charge >= 0.3 is 6.03 Å². The van der Waals surface area contributed by atoms with Crippen LogP contribution in [0, 0.1) is 0 Å². The van der Waals surface area contributed by atoms with Gasteiger partial charge in [0.05, 0.1) is 12.6 Å². The molecule has 1 aromatic rings. The van der Waals surface area contributed by atoms with E-state index in [1.807, 2.05) is 26.0 Å². The number of aromatic nitrogens is 1. The minimum atomic E-state index is -0.0630. The maximum Gasteiger partial charge on any atom is 0.317 e. The molecule has 0 bridgehead atoms. The molecule has 3 amide bonds. The summed E-state index contributed by atoms with van der Waals surface area (Å²) in [6.07, 6.45) is 3.44.